The van der Waals surface area contributed by atoms with Gasteiger partial charge in [-0.2, -0.15) is 13.2 Å². The van der Waals surface area contributed by atoms with Crippen LogP contribution < -0.4 is 4.90 Å². The number of likely N-dealkylation sites (tertiary alicyclic amines) is 1. The minimum absolute atomic E-state index is 0.0110. The first-order valence-corrected chi connectivity index (χ1v) is 9.36. The number of carbonyl (C=O) groups is 1. The van der Waals surface area contributed by atoms with E-state index in [1.54, 1.807) is 6.92 Å². The molecule has 0 radical (unpaired) electrons. The molecule has 0 aliphatic carbocycles. The largest absolute Gasteiger partial charge is 0.417 e. The van der Waals surface area contributed by atoms with E-state index in [0.717, 1.165) is 23.4 Å². The van der Waals surface area contributed by atoms with E-state index in [0.29, 0.717) is 25.5 Å². The fraction of sp³-hybridized carbons (Fsp3) is 0.429. The highest BCUT2D eigenvalue weighted by Crippen LogP contribution is 2.46. The number of fused-ring (bicyclic) bond motifs is 1. The molecule has 7 heteroatoms. The van der Waals surface area contributed by atoms with E-state index in [2.05, 4.69) is 11.1 Å². The standard InChI is InChI=1S/C21H22F3N3O/c1-13-5-3-4-6-17(13)20-18-12-26(10-15(18)11-27(20)14(2)28)19-8-7-16(9-25-19)21(22,23)24/h3-9,15,18,20H,10-12H2,1-2H3/t15-,18-,20-/m1/s1. The molecule has 0 N–H and O–H groups in total. The van der Waals surface area contributed by atoms with Gasteiger partial charge in [-0.3, -0.25) is 4.79 Å². The summed E-state index contributed by atoms with van der Waals surface area (Å²) in [5.41, 5.74) is 1.55. The maximum absolute atomic E-state index is 12.8. The summed E-state index contributed by atoms with van der Waals surface area (Å²) in [6.45, 7) is 5.67. The van der Waals surface area contributed by atoms with Crippen LogP contribution in [0.1, 0.15) is 29.7 Å². The van der Waals surface area contributed by atoms with Crippen molar-refractivity contribution in [2.45, 2.75) is 26.1 Å². The lowest BCUT2D eigenvalue weighted by Crippen LogP contribution is -2.34. The molecule has 148 valence electrons. The zero-order chi connectivity index (χ0) is 20.1. The van der Waals surface area contributed by atoms with Crippen LogP contribution in [0, 0.1) is 18.8 Å². The van der Waals surface area contributed by atoms with Crippen LogP contribution >= 0.6 is 0 Å². The predicted octanol–water partition coefficient (Wildman–Crippen LogP) is 4.06. The van der Waals surface area contributed by atoms with Gasteiger partial charge in [-0.05, 0) is 30.2 Å². The van der Waals surface area contributed by atoms with Crippen LogP contribution in [-0.4, -0.2) is 35.4 Å². The summed E-state index contributed by atoms with van der Waals surface area (Å²) >= 11 is 0. The molecular formula is C21H22F3N3O. The Morgan fingerprint density at radius 1 is 1.11 bits per heavy atom. The highest BCUT2D eigenvalue weighted by Gasteiger charge is 2.49. The molecular weight excluding hydrogens is 367 g/mol. The first-order valence-electron chi connectivity index (χ1n) is 9.36. The van der Waals surface area contributed by atoms with Crippen molar-refractivity contribution in [1.29, 1.82) is 0 Å². The number of carbonyl (C=O) groups excluding carboxylic acids is 1. The van der Waals surface area contributed by atoms with Gasteiger partial charge in [0.25, 0.3) is 0 Å². The zero-order valence-corrected chi connectivity index (χ0v) is 15.8. The highest BCUT2D eigenvalue weighted by molar-refractivity contribution is 5.74. The van der Waals surface area contributed by atoms with Crippen molar-refractivity contribution in [3.8, 4) is 0 Å². The van der Waals surface area contributed by atoms with Gasteiger partial charge in [-0.1, -0.05) is 24.3 Å². The van der Waals surface area contributed by atoms with E-state index in [9.17, 15) is 18.0 Å². The molecule has 2 aliphatic rings. The Labute approximate surface area is 162 Å². The van der Waals surface area contributed by atoms with E-state index >= 15 is 0 Å². The van der Waals surface area contributed by atoms with Crippen molar-refractivity contribution < 1.29 is 18.0 Å². The zero-order valence-electron chi connectivity index (χ0n) is 15.8. The SMILES string of the molecule is CC(=O)N1C[C@H]2CN(c3ccc(C(F)(F)F)cn3)C[C@H]2[C@H]1c1ccccc1C. The molecule has 4 nitrogen and oxygen atoms in total. The molecule has 0 saturated carbocycles. The van der Waals surface area contributed by atoms with Gasteiger partial charge in [0.1, 0.15) is 5.82 Å². The normalized spacial score (nSPS) is 24.5. The summed E-state index contributed by atoms with van der Waals surface area (Å²) in [5, 5.41) is 0. The third kappa shape index (κ3) is 3.23. The van der Waals surface area contributed by atoms with Crippen LogP contribution in [0.2, 0.25) is 0 Å². The van der Waals surface area contributed by atoms with E-state index in [1.165, 1.54) is 6.07 Å². The van der Waals surface area contributed by atoms with Gasteiger partial charge in [-0.15, -0.1) is 0 Å². The number of amides is 1. The number of aromatic nitrogens is 1. The van der Waals surface area contributed by atoms with Crippen LogP contribution in [0.3, 0.4) is 0 Å². The fourth-order valence-electron chi connectivity index (χ4n) is 4.61. The molecule has 4 rings (SSSR count). The van der Waals surface area contributed by atoms with Crippen molar-refractivity contribution in [2.75, 3.05) is 24.5 Å². The molecule has 1 aromatic heterocycles. The Bertz CT molecular complexity index is 881. The van der Waals surface area contributed by atoms with Crippen LogP contribution in [0.15, 0.2) is 42.6 Å². The second-order valence-electron chi connectivity index (χ2n) is 7.70. The van der Waals surface area contributed by atoms with Crippen molar-refractivity contribution >= 4 is 11.7 Å². The Balaban J connectivity index is 1.60. The summed E-state index contributed by atoms with van der Waals surface area (Å²) in [5.74, 6) is 1.12. The Morgan fingerprint density at radius 3 is 2.46 bits per heavy atom. The highest BCUT2D eigenvalue weighted by atomic mass is 19.4. The Morgan fingerprint density at radius 2 is 1.86 bits per heavy atom. The van der Waals surface area contributed by atoms with Crippen molar-refractivity contribution in [2.24, 2.45) is 11.8 Å². The van der Waals surface area contributed by atoms with Crippen molar-refractivity contribution in [1.82, 2.24) is 9.88 Å². The lowest BCUT2D eigenvalue weighted by atomic mass is 9.87. The average molecular weight is 389 g/mol. The minimum atomic E-state index is -4.38. The number of alkyl halides is 3. The summed E-state index contributed by atoms with van der Waals surface area (Å²) in [4.78, 5) is 20.3. The van der Waals surface area contributed by atoms with Crippen LogP contribution in [0.25, 0.3) is 0 Å². The molecule has 1 aromatic carbocycles. The lowest BCUT2D eigenvalue weighted by Gasteiger charge is -2.30. The summed E-state index contributed by atoms with van der Waals surface area (Å²) in [6.07, 6.45) is -3.49. The number of rotatable bonds is 2. The molecule has 2 aliphatic heterocycles. The quantitative estimate of drug-likeness (QED) is 0.777. The smallest absolute Gasteiger partial charge is 0.356 e. The summed E-state index contributed by atoms with van der Waals surface area (Å²) < 4.78 is 38.4. The van der Waals surface area contributed by atoms with Gasteiger partial charge in [0, 0.05) is 44.6 Å². The van der Waals surface area contributed by atoms with Crippen LogP contribution in [-0.2, 0) is 11.0 Å². The molecule has 2 fully saturated rings. The fourth-order valence-corrected chi connectivity index (χ4v) is 4.61. The number of anilines is 1. The molecule has 2 saturated heterocycles. The van der Waals surface area contributed by atoms with Gasteiger partial charge in [0.2, 0.25) is 5.91 Å². The Hall–Kier alpha value is -2.57. The number of nitrogens with zero attached hydrogens (tertiary/aromatic N) is 3. The monoisotopic (exact) mass is 389 g/mol. The van der Waals surface area contributed by atoms with Gasteiger partial charge >= 0.3 is 6.18 Å². The first-order chi connectivity index (χ1) is 13.3. The second kappa shape index (κ2) is 6.79. The summed E-state index contributed by atoms with van der Waals surface area (Å²) in [6, 6.07) is 10.6. The van der Waals surface area contributed by atoms with Gasteiger partial charge in [-0.25, -0.2) is 4.98 Å². The molecule has 3 heterocycles. The van der Waals surface area contributed by atoms with Gasteiger partial charge in [0.05, 0.1) is 11.6 Å². The third-order valence-corrected chi connectivity index (χ3v) is 5.97. The molecule has 2 aromatic rings. The van der Waals surface area contributed by atoms with E-state index < -0.39 is 11.7 Å². The maximum Gasteiger partial charge on any atom is 0.417 e. The van der Waals surface area contributed by atoms with Crippen LogP contribution in [0.5, 0.6) is 0 Å². The third-order valence-electron chi connectivity index (χ3n) is 5.97. The molecule has 0 bridgehead atoms. The van der Waals surface area contributed by atoms with E-state index in [4.69, 9.17) is 0 Å². The van der Waals surface area contributed by atoms with Crippen molar-refractivity contribution in [3.63, 3.8) is 0 Å². The number of benzene rings is 1. The number of hydrogen-bond acceptors (Lipinski definition) is 3. The summed E-state index contributed by atoms with van der Waals surface area (Å²) in [7, 11) is 0. The molecule has 3 atom stereocenters. The van der Waals surface area contributed by atoms with E-state index in [-0.39, 0.29) is 23.8 Å². The maximum atomic E-state index is 12.8. The topological polar surface area (TPSA) is 36.4 Å². The lowest BCUT2D eigenvalue weighted by molar-refractivity contribution is -0.137. The second-order valence-corrected chi connectivity index (χ2v) is 7.70. The average Bonchev–Trinajstić information content (AvgIpc) is 3.20. The predicted molar refractivity (Wildman–Crippen MR) is 99.7 cm³/mol. The number of halogens is 3. The molecule has 0 unspecified atom stereocenters. The minimum Gasteiger partial charge on any atom is -0.356 e. The van der Waals surface area contributed by atoms with Gasteiger partial charge < -0.3 is 9.80 Å². The van der Waals surface area contributed by atoms with Gasteiger partial charge in [0.15, 0.2) is 0 Å². The Kier molecular flexibility index (Phi) is 4.56. The molecule has 1 amide bonds. The number of hydrogen-bond donors (Lipinski definition) is 0. The number of aryl methyl sites for hydroxylation is 1. The molecule has 28 heavy (non-hydrogen) atoms. The number of pyridine rings is 1. The van der Waals surface area contributed by atoms with Crippen LogP contribution in [0.4, 0.5) is 19.0 Å². The first kappa shape index (κ1) is 18.8. The van der Waals surface area contributed by atoms with Crippen molar-refractivity contribution in [3.05, 3.63) is 59.3 Å². The molecule has 0 spiro atoms. The van der Waals surface area contributed by atoms with E-state index in [1.807, 2.05) is 34.9 Å².